The van der Waals surface area contributed by atoms with Crippen molar-refractivity contribution in [3.05, 3.63) is 48.6 Å². The Bertz CT molecular complexity index is 710. The zero-order valence-electron chi connectivity index (χ0n) is 11.7. The first-order valence-corrected chi connectivity index (χ1v) is 6.52. The highest BCUT2D eigenvalue weighted by molar-refractivity contribution is 5.59. The first-order chi connectivity index (χ1) is 10.3. The number of ether oxygens (including phenoxy) is 1. The van der Waals surface area contributed by atoms with Crippen LogP contribution in [0.4, 0.5) is 0 Å². The fourth-order valence-electron chi connectivity index (χ4n) is 1.81. The highest BCUT2D eigenvalue weighted by Crippen LogP contribution is 2.21. The van der Waals surface area contributed by atoms with E-state index >= 15 is 0 Å². The summed E-state index contributed by atoms with van der Waals surface area (Å²) in [7, 11) is 1.59. The van der Waals surface area contributed by atoms with Crippen LogP contribution in [-0.2, 0) is 4.74 Å². The molecule has 1 atom stereocenters. The summed E-state index contributed by atoms with van der Waals surface area (Å²) >= 11 is 0. The second-order valence-corrected chi connectivity index (χ2v) is 4.48. The van der Waals surface area contributed by atoms with E-state index in [1.165, 1.54) is 0 Å². The maximum Gasteiger partial charge on any atom is 0.255 e. The van der Waals surface area contributed by atoms with Gasteiger partial charge in [-0.25, -0.2) is 0 Å². The predicted molar refractivity (Wildman–Crippen MR) is 76.2 cm³/mol. The van der Waals surface area contributed by atoms with Gasteiger partial charge in [0.2, 0.25) is 5.82 Å². The third-order valence-corrected chi connectivity index (χ3v) is 3.09. The van der Waals surface area contributed by atoms with Gasteiger partial charge in [-0.2, -0.15) is 4.98 Å². The van der Waals surface area contributed by atoms with E-state index in [1.807, 2.05) is 37.3 Å². The second-order valence-electron chi connectivity index (χ2n) is 4.48. The molecule has 0 spiro atoms. The molecule has 0 saturated carbocycles. The molecule has 106 valence electrons. The van der Waals surface area contributed by atoms with E-state index in [2.05, 4.69) is 20.1 Å². The molecule has 0 aromatic carbocycles. The van der Waals surface area contributed by atoms with Crippen LogP contribution in [0.2, 0.25) is 0 Å². The van der Waals surface area contributed by atoms with Crippen molar-refractivity contribution in [1.29, 1.82) is 0 Å². The number of rotatable bonds is 4. The molecule has 3 heterocycles. The number of hydrogen-bond acceptors (Lipinski definition) is 6. The monoisotopic (exact) mass is 282 g/mol. The van der Waals surface area contributed by atoms with Gasteiger partial charge < -0.3 is 9.26 Å². The Morgan fingerprint density at radius 1 is 1.10 bits per heavy atom. The molecule has 1 unspecified atom stereocenters. The van der Waals surface area contributed by atoms with Gasteiger partial charge in [0, 0.05) is 25.1 Å². The van der Waals surface area contributed by atoms with Gasteiger partial charge in [0.05, 0.1) is 11.4 Å². The first-order valence-electron chi connectivity index (χ1n) is 6.52. The molecule has 0 amide bonds. The average Bonchev–Trinajstić information content (AvgIpc) is 3.05. The molecule has 0 bridgehead atoms. The largest absolute Gasteiger partial charge is 0.372 e. The van der Waals surface area contributed by atoms with Gasteiger partial charge >= 0.3 is 0 Å². The van der Waals surface area contributed by atoms with Gasteiger partial charge in [0.15, 0.2) is 0 Å². The van der Waals surface area contributed by atoms with E-state index in [0.29, 0.717) is 11.7 Å². The van der Waals surface area contributed by atoms with Crippen molar-refractivity contribution < 1.29 is 9.26 Å². The standard InChI is InChI=1S/C15H14N4O2/c1-10(20-2)15-18-14(19-21-15)11-6-7-13(17-9-11)12-5-3-4-8-16-12/h3-10H,1-2H3. The van der Waals surface area contributed by atoms with Crippen molar-refractivity contribution >= 4 is 0 Å². The van der Waals surface area contributed by atoms with Gasteiger partial charge in [-0.1, -0.05) is 11.2 Å². The summed E-state index contributed by atoms with van der Waals surface area (Å²) in [5, 5.41) is 3.94. The van der Waals surface area contributed by atoms with Crippen LogP contribution < -0.4 is 0 Å². The summed E-state index contributed by atoms with van der Waals surface area (Å²) in [6.07, 6.45) is 3.21. The van der Waals surface area contributed by atoms with Gasteiger partial charge in [0.25, 0.3) is 5.89 Å². The van der Waals surface area contributed by atoms with Crippen LogP contribution in [0.15, 0.2) is 47.2 Å². The van der Waals surface area contributed by atoms with Gasteiger partial charge in [-0.3, -0.25) is 9.97 Å². The van der Waals surface area contributed by atoms with Crippen LogP contribution in [0, 0.1) is 0 Å². The number of nitrogens with zero attached hydrogens (tertiary/aromatic N) is 4. The van der Waals surface area contributed by atoms with Gasteiger partial charge in [0.1, 0.15) is 6.10 Å². The molecule has 0 saturated heterocycles. The average molecular weight is 282 g/mol. The van der Waals surface area contributed by atoms with E-state index < -0.39 is 0 Å². The van der Waals surface area contributed by atoms with Crippen LogP contribution in [0.5, 0.6) is 0 Å². The van der Waals surface area contributed by atoms with Crippen molar-refractivity contribution in [3.63, 3.8) is 0 Å². The van der Waals surface area contributed by atoms with E-state index in [0.717, 1.165) is 17.0 Å². The molecule has 6 nitrogen and oxygen atoms in total. The lowest BCUT2D eigenvalue weighted by molar-refractivity contribution is 0.0886. The Labute approximate surface area is 121 Å². The van der Waals surface area contributed by atoms with Crippen molar-refractivity contribution in [2.75, 3.05) is 7.11 Å². The summed E-state index contributed by atoms with van der Waals surface area (Å²) in [5.74, 6) is 0.940. The summed E-state index contributed by atoms with van der Waals surface area (Å²) in [4.78, 5) is 12.9. The molecule has 0 fully saturated rings. The molecule has 0 radical (unpaired) electrons. The van der Waals surface area contributed by atoms with Crippen molar-refractivity contribution in [2.24, 2.45) is 0 Å². The minimum absolute atomic E-state index is 0.230. The summed E-state index contributed by atoms with van der Waals surface area (Å²) in [6, 6.07) is 9.48. The SMILES string of the molecule is COC(C)c1nc(-c2ccc(-c3ccccn3)nc2)no1. The number of pyridine rings is 2. The minimum Gasteiger partial charge on any atom is -0.372 e. The normalized spacial score (nSPS) is 12.3. The smallest absolute Gasteiger partial charge is 0.255 e. The van der Waals surface area contributed by atoms with Gasteiger partial charge in [-0.15, -0.1) is 0 Å². The third kappa shape index (κ3) is 2.80. The molecule has 0 aliphatic rings. The topological polar surface area (TPSA) is 73.9 Å². The molecule has 21 heavy (non-hydrogen) atoms. The second kappa shape index (κ2) is 5.80. The van der Waals surface area contributed by atoms with E-state index in [4.69, 9.17) is 9.26 Å². The molecular formula is C15H14N4O2. The van der Waals surface area contributed by atoms with Crippen molar-refractivity contribution in [3.8, 4) is 22.8 Å². The highest BCUT2D eigenvalue weighted by atomic mass is 16.5. The molecule has 3 aromatic heterocycles. The number of methoxy groups -OCH3 is 1. The van der Waals surface area contributed by atoms with Crippen LogP contribution in [0.1, 0.15) is 18.9 Å². The quantitative estimate of drug-likeness (QED) is 0.732. The summed E-state index contributed by atoms with van der Waals surface area (Å²) in [6.45, 7) is 1.85. The Morgan fingerprint density at radius 2 is 1.95 bits per heavy atom. The first kappa shape index (κ1) is 13.4. The highest BCUT2D eigenvalue weighted by Gasteiger charge is 2.14. The summed E-state index contributed by atoms with van der Waals surface area (Å²) in [5.41, 5.74) is 2.41. The van der Waals surface area contributed by atoms with Crippen molar-refractivity contribution in [1.82, 2.24) is 20.1 Å². The molecular weight excluding hydrogens is 268 g/mol. The van der Waals surface area contributed by atoms with E-state index in [-0.39, 0.29) is 6.10 Å². The molecule has 3 rings (SSSR count). The Hall–Kier alpha value is -2.60. The van der Waals surface area contributed by atoms with Crippen LogP contribution in [-0.4, -0.2) is 27.2 Å². The Balaban J connectivity index is 1.86. The molecule has 0 aliphatic carbocycles. The maximum atomic E-state index is 5.16. The predicted octanol–water partition coefficient (Wildman–Crippen LogP) is 2.90. The lowest BCUT2D eigenvalue weighted by atomic mass is 10.2. The minimum atomic E-state index is -0.230. The van der Waals surface area contributed by atoms with Crippen LogP contribution in [0.3, 0.4) is 0 Å². The lowest BCUT2D eigenvalue weighted by Gasteiger charge is -2.01. The molecule has 0 N–H and O–H groups in total. The zero-order valence-corrected chi connectivity index (χ0v) is 11.7. The number of hydrogen-bond donors (Lipinski definition) is 0. The molecule has 3 aromatic rings. The molecule has 0 aliphatic heterocycles. The fraction of sp³-hybridized carbons (Fsp3) is 0.200. The molecule has 6 heteroatoms. The van der Waals surface area contributed by atoms with Crippen molar-refractivity contribution in [2.45, 2.75) is 13.0 Å². The maximum absolute atomic E-state index is 5.16. The lowest BCUT2D eigenvalue weighted by Crippen LogP contribution is -1.95. The Morgan fingerprint density at radius 3 is 2.62 bits per heavy atom. The van der Waals surface area contributed by atoms with E-state index in [9.17, 15) is 0 Å². The third-order valence-electron chi connectivity index (χ3n) is 3.09. The summed E-state index contributed by atoms with van der Waals surface area (Å²) < 4.78 is 10.3. The van der Waals surface area contributed by atoms with Crippen LogP contribution >= 0.6 is 0 Å². The van der Waals surface area contributed by atoms with E-state index in [1.54, 1.807) is 19.5 Å². The Kier molecular flexibility index (Phi) is 3.70. The van der Waals surface area contributed by atoms with Gasteiger partial charge in [-0.05, 0) is 31.2 Å². The fourth-order valence-corrected chi connectivity index (χ4v) is 1.81. The zero-order chi connectivity index (χ0) is 14.7. The number of aromatic nitrogens is 4. The van der Waals surface area contributed by atoms with Crippen LogP contribution in [0.25, 0.3) is 22.8 Å².